The summed E-state index contributed by atoms with van der Waals surface area (Å²) in [5.74, 6) is 1.08. The fourth-order valence-corrected chi connectivity index (χ4v) is 2.51. The SMILES string of the molecule is CC1CCC(CO)(Nc2nc(Cl)nnc2Cl)CC1. The van der Waals surface area contributed by atoms with E-state index in [4.69, 9.17) is 23.2 Å². The smallest absolute Gasteiger partial charge is 0.245 e. The predicted molar refractivity (Wildman–Crippen MR) is 70.9 cm³/mol. The van der Waals surface area contributed by atoms with Crippen LogP contribution in [-0.2, 0) is 0 Å². The summed E-state index contributed by atoms with van der Waals surface area (Å²) in [5, 5.41) is 20.3. The number of anilines is 1. The maximum Gasteiger partial charge on any atom is 0.245 e. The van der Waals surface area contributed by atoms with E-state index >= 15 is 0 Å². The van der Waals surface area contributed by atoms with Crippen molar-refractivity contribution in [1.82, 2.24) is 15.2 Å². The van der Waals surface area contributed by atoms with Crippen LogP contribution in [0.2, 0.25) is 10.4 Å². The quantitative estimate of drug-likeness (QED) is 0.895. The Morgan fingerprint density at radius 2 is 2.00 bits per heavy atom. The average molecular weight is 291 g/mol. The van der Waals surface area contributed by atoms with Crippen LogP contribution in [0.25, 0.3) is 0 Å². The molecular weight excluding hydrogens is 275 g/mol. The zero-order valence-corrected chi connectivity index (χ0v) is 11.7. The molecule has 1 aromatic heterocycles. The lowest BCUT2D eigenvalue weighted by atomic mass is 9.77. The minimum Gasteiger partial charge on any atom is -0.394 e. The Morgan fingerprint density at radius 3 is 2.61 bits per heavy atom. The summed E-state index contributed by atoms with van der Waals surface area (Å²) in [6.07, 6.45) is 3.89. The van der Waals surface area contributed by atoms with Crippen molar-refractivity contribution in [2.45, 2.75) is 38.1 Å². The van der Waals surface area contributed by atoms with Gasteiger partial charge in [0.2, 0.25) is 5.28 Å². The average Bonchev–Trinajstić information content (AvgIpc) is 2.37. The molecule has 0 radical (unpaired) electrons. The second-order valence-corrected chi connectivity index (χ2v) is 5.66. The van der Waals surface area contributed by atoms with Gasteiger partial charge in [-0.05, 0) is 43.2 Å². The molecule has 0 unspecified atom stereocenters. The van der Waals surface area contributed by atoms with Crippen molar-refractivity contribution in [3.05, 3.63) is 10.4 Å². The van der Waals surface area contributed by atoms with Crippen LogP contribution in [0, 0.1) is 5.92 Å². The first-order valence-electron chi connectivity index (χ1n) is 5.99. The van der Waals surface area contributed by atoms with E-state index in [0.29, 0.717) is 11.7 Å². The summed E-state index contributed by atoms with van der Waals surface area (Å²) in [7, 11) is 0. The minimum absolute atomic E-state index is 0.0394. The highest BCUT2D eigenvalue weighted by Gasteiger charge is 2.34. The molecule has 1 aromatic rings. The molecule has 1 aliphatic rings. The van der Waals surface area contributed by atoms with Crippen molar-refractivity contribution >= 4 is 29.0 Å². The van der Waals surface area contributed by atoms with Gasteiger partial charge >= 0.3 is 0 Å². The van der Waals surface area contributed by atoms with Crippen molar-refractivity contribution in [3.8, 4) is 0 Å². The molecule has 0 atom stereocenters. The molecule has 7 heteroatoms. The van der Waals surface area contributed by atoms with Gasteiger partial charge in [-0.1, -0.05) is 18.5 Å². The molecule has 1 saturated carbocycles. The highest BCUT2D eigenvalue weighted by Crippen LogP contribution is 2.35. The normalized spacial score (nSPS) is 28.1. The number of aliphatic hydroxyl groups is 1. The first kappa shape index (κ1) is 13.8. The maximum absolute atomic E-state index is 9.65. The van der Waals surface area contributed by atoms with Gasteiger partial charge < -0.3 is 10.4 Å². The zero-order chi connectivity index (χ0) is 13.2. The van der Waals surface area contributed by atoms with E-state index in [0.717, 1.165) is 25.7 Å². The number of rotatable bonds is 3. The number of hydrogen-bond acceptors (Lipinski definition) is 5. The number of nitrogens with zero attached hydrogens (tertiary/aromatic N) is 3. The van der Waals surface area contributed by atoms with E-state index in [1.54, 1.807) is 0 Å². The standard InChI is InChI=1S/C11H16Cl2N4O/c1-7-2-4-11(6-18,5-3-7)15-9-8(12)16-17-10(13)14-9/h7,18H,2-6H2,1H3,(H,14,15,17). The summed E-state index contributed by atoms with van der Waals surface area (Å²) < 4.78 is 0. The van der Waals surface area contributed by atoms with Gasteiger partial charge in [-0.3, -0.25) is 0 Å². The van der Waals surface area contributed by atoms with Crippen LogP contribution in [0.15, 0.2) is 0 Å². The van der Waals surface area contributed by atoms with Gasteiger partial charge in [-0.2, -0.15) is 4.98 Å². The topological polar surface area (TPSA) is 70.9 Å². The molecule has 0 saturated heterocycles. The highest BCUT2D eigenvalue weighted by molar-refractivity contribution is 6.32. The lowest BCUT2D eigenvalue weighted by Crippen LogP contribution is -2.45. The first-order valence-corrected chi connectivity index (χ1v) is 6.75. The number of halogens is 2. The first-order chi connectivity index (χ1) is 8.54. The van der Waals surface area contributed by atoms with Crippen LogP contribution in [0.5, 0.6) is 0 Å². The summed E-state index contributed by atoms with van der Waals surface area (Å²) in [6, 6.07) is 0. The molecule has 1 heterocycles. The van der Waals surface area contributed by atoms with Crippen molar-refractivity contribution < 1.29 is 5.11 Å². The van der Waals surface area contributed by atoms with Crippen LogP contribution < -0.4 is 5.32 Å². The molecule has 100 valence electrons. The molecule has 18 heavy (non-hydrogen) atoms. The fraction of sp³-hybridized carbons (Fsp3) is 0.727. The Balaban J connectivity index is 2.17. The van der Waals surface area contributed by atoms with Crippen LogP contribution in [-0.4, -0.2) is 32.4 Å². The molecule has 2 N–H and O–H groups in total. The third-order valence-electron chi connectivity index (χ3n) is 3.54. The van der Waals surface area contributed by atoms with Crippen LogP contribution in [0.1, 0.15) is 32.6 Å². The van der Waals surface area contributed by atoms with Gasteiger partial charge in [0.05, 0.1) is 12.1 Å². The third kappa shape index (κ3) is 3.02. The van der Waals surface area contributed by atoms with Crippen molar-refractivity contribution in [1.29, 1.82) is 0 Å². The summed E-state index contributed by atoms with van der Waals surface area (Å²) in [6.45, 7) is 2.26. The lowest BCUT2D eigenvalue weighted by Gasteiger charge is -2.39. The Hall–Kier alpha value is -0.650. The highest BCUT2D eigenvalue weighted by atomic mass is 35.5. The van der Waals surface area contributed by atoms with Crippen LogP contribution >= 0.6 is 23.2 Å². The summed E-state index contributed by atoms with van der Waals surface area (Å²) >= 11 is 11.6. The van der Waals surface area contributed by atoms with Crippen molar-refractivity contribution in [2.75, 3.05) is 11.9 Å². The Morgan fingerprint density at radius 1 is 1.33 bits per heavy atom. The number of nitrogens with one attached hydrogen (secondary N) is 1. The van der Waals surface area contributed by atoms with E-state index in [9.17, 15) is 5.11 Å². The van der Waals surface area contributed by atoms with E-state index < -0.39 is 0 Å². The van der Waals surface area contributed by atoms with Gasteiger partial charge in [-0.25, -0.2) is 0 Å². The van der Waals surface area contributed by atoms with E-state index in [1.165, 1.54) is 0 Å². The van der Waals surface area contributed by atoms with Crippen molar-refractivity contribution in [3.63, 3.8) is 0 Å². The lowest BCUT2D eigenvalue weighted by molar-refractivity contribution is 0.155. The Bertz CT molecular complexity index is 422. The summed E-state index contributed by atoms with van der Waals surface area (Å²) in [5.41, 5.74) is -0.379. The number of aliphatic hydroxyl groups excluding tert-OH is 1. The predicted octanol–water partition coefficient (Wildman–Crippen LogP) is 2.53. The van der Waals surface area contributed by atoms with E-state index in [1.807, 2.05) is 0 Å². The van der Waals surface area contributed by atoms with Gasteiger partial charge in [0.1, 0.15) is 0 Å². The molecule has 0 amide bonds. The van der Waals surface area contributed by atoms with Crippen molar-refractivity contribution in [2.24, 2.45) is 5.92 Å². The largest absolute Gasteiger partial charge is 0.394 e. The van der Waals surface area contributed by atoms with Crippen LogP contribution in [0.4, 0.5) is 5.82 Å². The summed E-state index contributed by atoms with van der Waals surface area (Å²) in [4.78, 5) is 4.02. The fourth-order valence-electron chi connectivity index (χ4n) is 2.26. The monoisotopic (exact) mass is 290 g/mol. The minimum atomic E-state index is -0.379. The number of hydrogen-bond donors (Lipinski definition) is 2. The molecule has 1 fully saturated rings. The molecule has 1 aliphatic carbocycles. The second kappa shape index (κ2) is 5.55. The zero-order valence-electron chi connectivity index (χ0n) is 10.2. The molecule has 0 spiro atoms. The van der Waals surface area contributed by atoms with Gasteiger partial charge in [0.25, 0.3) is 0 Å². The van der Waals surface area contributed by atoms with Gasteiger partial charge in [0.15, 0.2) is 11.0 Å². The van der Waals surface area contributed by atoms with E-state index in [-0.39, 0.29) is 22.6 Å². The molecule has 5 nitrogen and oxygen atoms in total. The maximum atomic E-state index is 9.65. The van der Waals surface area contributed by atoms with Gasteiger partial charge in [0, 0.05) is 0 Å². The molecule has 0 aliphatic heterocycles. The van der Waals surface area contributed by atoms with E-state index in [2.05, 4.69) is 27.4 Å². The number of aromatic nitrogens is 3. The van der Waals surface area contributed by atoms with Gasteiger partial charge in [-0.15, -0.1) is 10.2 Å². The molecule has 0 bridgehead atoms. The molecule has 2 rings (SSSR count). The van der Waals surface area contributed by atoms with Crippen LogP contribution in [0.3, 0.4) is 0 Å². The second-order valence-electron chi connectivity index (χ2n) is 4.97. The molecule has 0 aromatic carbocycles. The Kier molecular flexibility index (Phi) is 4.25. The Labute approximate surface area is 116 Å². The molecular formula is C11H16Cl2N4O. The third-order valence-corrected chi connectivity index (χ3v) is 3.95.